The summed E-state index contributed by atoms with van der Waals surface area (Å²) in [6.45, 7) is -0.367. The van der Waals surface area contributed by atoms with Crippen LogP contribution in [0.5, 0.6) is 0 Å². The second kappa shape index (κ2) is 5.84. The van der Waals surface area contributed by atoms with Crippen LogP contribution in [0.25, 0.3) is 0 Å². The van der Waals surface area contributed by atoms with Gasteiger partial charge >= 0.3 is 0 Å². The van der Waals surface area contributed by atoms with E-state index in [0.717, 1.165) is 0 Å². The summed E-state index contributed by atoms with van der Waals surface area (Å²) >= 11 is 0. The average Bonchev–Trinajstić information content (AvgIpc) is 2.00. The number of halogens is 2. The molecule has 0 fully saturated rings. The molecule has 72 valence electrons. The zero-order valence-electron chi connectivity index (χ0n) is 6.68. The number of nitrogens with one attached hydrogen (secondary N) is 2. The van der Waals surface area contributed by atoms with Gasteiger partial charge in [0.25, 0.3) is 6.43 Å². The largest absolute Gasteiger partial charge is 0.385 e. The Morgan fingerprint density at radius 3 is 2.58 bits per heavy atom. The zero-order chi connectivity index (χ0) is 9.56. The first kappa shape index (κ1) is 11.2. The summed E-state index contributed by atoms with van der Waals surface area (Å²) in [4.78, 5) is 10.6. The first-order valence-electron chi connectivity index (χ1n) is 3.45. The lowest BCUT2D eigenvalue weighted by Gasteiger charge is -2.09. The van der Waals surface area contributed by atoms with Gasteiger partial charge in [0.15, 0.2) is 0 Å². The molecule has 4 nitrogen and oxygen atoms in total. The molecule has 0 aromatic heterocycles. The second-order valence-corrected chi connectivity index (χ2v) is 2.24. The topological polar surface area (TPSA) is 61.4 Å². The highest BCUT2D eigenvalue weighted by molar-refractivity contribution is 5.77. The molecule has 0 heterocycles. The van der Waals surface area contributed by atoms with Crippen molar-refractivity contribution in [1.29, 1.82) is 0 Å². The summed E-state index contributed by atoms with van der Waals surface area (Å²) in [7, 11) is 1.56. The van der Waals surface area contributed by atoms with Gasteiger partial charge in [-0.05, 0) is 7.05 Å². The van der Waals surface area contributed by atoms with E-state index in [1.165, 1.54) is 0 Å². The van der Waals surface area contributed by atoms with E-state index in [1.54, 1.807) is 7.05 Å². The fourth-order valence-corrected chi connectivity index (χ4v) is 0.531. The van der Waals surface area contributed by atoms with Gasteiger partial charge in [0.2, 0.25) is 5.91 Å². The number of carbonyl (C=O) groups excluding carboxylic acids is 1. The van der Waals surface area contributed by atoms with Crippen LogP contribution in [-0.2, 0) is 4.79 Å². The third kappa shape index (κ3) is 4.97. The molecule has 0 spiro atoms. The van der Waals surface area contributed by atoms with E-state index in [0.29, 0.717) is 0 Å². The third-order valence-corrected chi connectivity index (χ3v) is 1.14. The van der Waals surface area contributed by atoms with E-state index in [1.807, 2.05) is 0 Å². The van der Waals surface area contributed by atoms with Crippen LogP contribution in [0, 0.1) is 0 Å². The molecule has 0 saturated carbocycles. The highest BCUT2D eigenvalue weighted by atomic mass is 19.3. The van der Waals surface area contributed by atoms with E-state index in [-0.39, 0.29) is 6.54 Å². The molecule has 3 N–H and O–H groups in total. The molecule has 0 aromatic rings. The summed E-state index contributed by atoms with van der Waals surface area (Å²) in [5, 5.41) is 13.2. The van der Waals surface area contributed by atoms with E-state index < -0.39 is 25.0 Å². The molecular formula is C6H12F2N2O2. The molecule has 0 rings (SSSR count). The number of rotatable bonds is 5. The molecule has 0 radical (unpaired) electrons. The monoisotopic (exact) mass is 182 g/mol. The number of aliphatic hydroxyl groups is 1. The fraction of sp³-hybridized carbons (Fsp3) is 0.833. The lowest BCUT2D eigenvalue weighted by Crippen LogP contribution is -2.39. The SMILES string of the molecule is CNCC(=O)NCC(O)C(F)F. The number of likely N-dealkylation sites (N-methyl/N-ethyl adjacent to an activating group) is 1. The van der Waals surface area contributed by atoms with Gasteiger partial charge in [0, 0.05) is 6.54 Å². The first-order chi connectivity index (χ1) is 5.57. The molecule has 1 amide bonds. The van der Waals surface area contributed by atoms with Crippen molar-refractivity contribution in [3.05, 3.63) is 0 Å². The van der Waals surface area contributed by atoms with Crippen molar-refractivity contribution < 1.29 is 18.7 Å². The Morgan fingerprint density at radius 2 is 2.17 bits per heavy atom. The van der Waals surface area contributed by atoms with Crippen LogP contribution in [-0.4, -0.2) is 43.7 Å². The third-order valence-electron chi connectivity index (χ3n) is 1.14. The Hall–Kier alpha value is -0.750. The van der Waals surface area contributed by atoms with E-state index >= 15 is 0 Å². The molecule has 1 atom stereocenters. The Balaban J connectivity index is 3.47. The molecule has 0 saturated heterocycles. The predicted octanol–water partition coefficient (Wildman–Crippen LogP) is -1.05. The highest BCUT2D eigenvalue weighted by Crippen LogP contribution is 1.97. The first-order valence-corrected chi connectivity index (χ1v) is 3.45. The van der Waals surface area contributed by atoms with Gasteiger partial charge in [0.05, 0.1) is 6.54 Å². The van der Waals surface area contributed by atoms with Gasteiger partial charge in [-0.15, -0.1) is 0 Å². The van der Waals surface area contributed by atoms with Gasteiger partial charge in [-0.1, -0.05) is 0 Å². The molecule has 0 aliphatic rings. The Morgan fingerprint density at radius 1 is 1.58 bits per heavy atom. The lowest BCUT2D eigenvalue weighted by atomic mass is 10.3. The maximum Gasteiger partial charge on any atom is 0.265 e. The van der Waals surface area contributed by atoms with E-state index in [4.69, 9.17) is 5.11 Å². The minimum atomic E-state index is -2.82. The Labute approximate surface area is 69.0 Å². The van der Waals surface area contributed by atoms with Gasteiger partial charge in [0.1, 0.15) is 6.10 Å². The number of amides is 1. The van der Waals surface area contributed by atoms with Crippen molar-refractivity contribution in [2.45, 2.75) is 12.5 Å². The van der Waals surface area contributed by atoms with Crippen molar-refractivity contribution in [2.75, 3.05) is 20.1 Å². The maximum atomic E-state index is 11.6. The van der Waals surface area contributed by atoms with Crippen molar-refractivity contribution in [2.24, 2.45) is 0 Å². The number of alkyl halides is 2. The summed E-state index contributed by atoms with van der Waals surface area (Å²) in [6, 6.07) is 0. The quantitative estimate of drug-likeness (QED) is 0.508. The van der Waals surface area contributed by atoms with E-state index in [2.05, 4.69) is 10.6 Å². The normalized spacial score (nSPS) is 13.1. The van der Waals surface area contributed by atoms with Crippen LogP contribution >= 0.6 is 0 Å². The van der Waals surface area contributed by atoms with Gasteiger partial charge < -0.3 is 15.7 Å². The Kier molecular flexibility index (Phi) is 5.48. The number of carbonyl (C=O) groups is 1. The molecule has 0 bridgehead atoms. The van der Waals surface area contributed by atoms with Crippen molar-refractivity contribution >= 4 is 5.91 Å². The molecule has 0 aliphatic heterocycles. The summed E-state index contributed by atoms with van der Waals surface area (Å²) in [5.41, 5.74) is 0. The lowest BCUT2D eigenvalue weighted by molar-refractivity contribution is -0.121. The van der Waals surface area contributed by atoms with Crippen molar-refractivity contribution in [3.8, 4) is 0 Å². The van der Waals surface area contributed by atoms with Crippen LogP contribution in [0.15, 0.2) is 0 Å². The standard InChI is InChI=1S/C6H12F2N2O2/c1-9-3-5(12)10-2-4(11)6(7)8/h4,6,9,11H,2-3H2,1H3,(H,10,12). The molecule has 1 unspecified atom stereocenters. The number of hydrogen-bond acceptors (Lipinski definition) is 3. The van der Waals surface area contributed by atoms with E-state index in [9.17, 15) is 13.6 Å². The van der Waals surface area contributed by atoms with Crippen LogP contribution in [0.2, 0.25) is 0 Å². The van der Waals surface area contributed by atoms with Gasteiger partial charge in [-0.25, -0.2) is 8.78 Å². The van der Waals surface area contributed by atoms with Gasteiger partial charge in [-0.2, -0.15) is 0 Å². The minimum Gasteiger partial charge on any atom is -0.385 e. The average molecular weight is 182 g/mol. The molecule has 0 aliphatic carbocycles. The number of hydrogen-bond donors (Lipinski definition) is 3. The van der Waals surface area contributed by atoms with Crippen LogP contribution in [0.4, 0.5) is 8.78 Å². The summed E-state index contributed by atoms with van der Waals surface area (Å²) in [6.07, 6.45) is -4.61. The van der Waals surface area contributed by atoms with Crippen LogP contribution in [0.1, 0.15) is 0 Å². The summed E-state index contributed by atoms with van der Waals surface area (Å²) < 4.78 is 23.3. The molecule has 12 heavy (non-hydrogen) atoms. The van der Waals surface area contributed by atoms with Gasteiger partial charge in [-0.3, -0.25) is 4.79 Å². The smallest absolute Gasteiger partial charge is 0.265 e. The highest BCUT2D eigenvalue weighted by Gasteiger charge is 2.16. The maximum absolute atomic E-state index is 11.6. The van der Waals surface area contributed by atoms with Crippen molar-refractivity contribution in [1.82, 2.24) is 10.6 Å². The predicted molar refractivity (Wildman–Crippen MR) is 38.9 cm³/mol. The second-order valence-electron chi connectivity index (χ2n) is 2.24. The van der Waals surface area contributed by atoms with Crippen LogP contribution in [0.3, 0.4) is 0 Å². The summed E-state index contributed by atoms with van der Waals surface area (Å²) in [5.74, 6) is -0.419. The molecule has 6 heteroatoms. The Bertz CT molecular complexity index is 144. The minimum absolute atomic E-state index is 0.0515. The molecular weight excluding hydrogens is 170 g/mol. The fourth-order valence-electron chi connectivity index (χ4n) is 0.531. The molecule has 0 aromatic carbocycles. The zero-order valence-corrected chi connectivity index (χ0v) is 6.68. The van der Waals surface area contributed by atoms with Crippen molar-refractivity contribution in [3.63, 3.8) is 0 Å². The number of aliphatic hydroxyl groups excluding tert-OH is 1. The van der Waals surface area contributed by atoms with Crippen LogP contribution < -0.4 is 10.6 Å².